The molecule has 1 spiro atoms. The number of benzene rings is 4. The van der Waals surface area contributed by atoms with Crippen molar-refractivity contribution < 1.29 is 4.79 Å². The molecule has 4 aromatic carbocycles. The molecule has 4 aromatic rings. The molecule has 1 fully saturated rings. The van der Waals surface area contributed by atoms with Gasteiger partial charge in [-0.25, -0.2) is 0 Å². The molecule has 0 radical (unpaired) electrons. The van der Waals surface area contributed by atoms with E-state index in [4.69, 9.17) is 0 Å². The van der Waals surface area contributed by atoms with Crippen LogP contribution in [-0.2, 0) is 5.41 Å². The highest BCUT2D eigenvalue weighted by Crippen LogP contribution is 2.66. The number of fused-ring (bicyclic) bond motifs is 10. The van der Waals surface area contributed by atoms with Crippen LogP contribution in [0, 0.1) is 5.92 Å². The van der Waals surface area contributed by atoms with Crippen molar-refractivity contribution in [3.63, 3.8) is 0 Å². The molecule has 29 heavy (non-hydrogen) atoms. The number of ketones is 1. The van der Waals surface area contributed by atoms with Gasteiger partial charge in [-0.05, 0) is 57.5 Å². The van der Waals surface area contributed by atoms with Crippen molar-refractivity contribution in [3.05, 3.63) is 107 Å². The highest BCUT2D eigenvalue weighted by atomic mass is 16.1. The van der Waals surface area contributed by atoms with E-state index in [1.54, 1.807) is 0 Å². The van der Waals surface area contributed by atoms with Crippen molar-refractivity contribution in [2.45, 2.75) is 24.2 Å². The molecule has 1 heteroatoms. The van der Waals surface area contributed by atoms with E-state index >= 15 is 0 Å². The molecule has 138 valence electrons. The number of Topliss-reactive ketones (excluding diaryl/α,β-unsaturated/α-hetero) is 1. The fraction of sp³-hybridized carbons (Fsp3) is 0.179. The van der Waals surface area contributed by atoms with Crippen molar-refractivity contribution >= 4 is 16.6 Å². The summed E-state index contributed by atoms with van der Waals surface area (Å²) in [5.74, 6) is 0.690. The molecule has 1 nitrogen and oxygen atoms in total. The van der Waals surface area contributed by atoms with Gasteiger partial charge in [-0.15, -0.1) is 0 Å². The molecule has 0 heterocycles. The Morgan fingerprint density at radius 2 is 1.28 bits per heavy atom. The van der Waals surface area contributed by atoms with Crippen LogP contribution in [0.5, 0.6) is 0 Å². The largest absolute Gasteiger partial charge is 0.294 e. The minimum absolute atomic E-state index is 0.0821. The van der Waals surface area contributed by atoms with Gasteiger partial charge in [0.1, 0.15) is 0 Å². The molecule has 1 saturated carbocycles. The van der Waals surface area contributed by atoms with Gasteiger partial charge in [0, 0.05) is 22.8 Å². The molecule has 2 atom stereocenters. The van der Waals surface area contributed by atoms with E-state index in [0.29, 0.717) is 5.78 Å². The quantitative estimate of drug-likeness (QED) is 0.344. The summed E-state index contributed by atoms with van der Waals surface area (Å²) in [4.78, 5) is 13.5. The van der Waals surface area contributed by atoms with Crippen molar-refractivity contribution in [1.82, 2.24) is 0 Å². The molecule has 7 rings (SSSR count). The summed E-state index contributed by atoms with van der Waals surface area (Å²) >= 11 is 0. The fourth-order valence-electron chi connectivity index (χ4n) is 6.71. The van der Waals surface area contributed by atoms with Crippen LogP contribution in [-0.4, -0.2) is 5.78 Å². The van der Waals surface area contributed by atoms with Crippen molar-refractivity contribution in [3.8, 4) is 11.1 Å². The van der Waals surface area contributed by atoms with Crippen LogP contribution >= 0.6 is 0 Å². The number of hydrogen-bond donors (Lipinski definition) is 0. The first kappa shape index (κ1) is 15.7. The third kappa shape index (κ3) is 1.75. The van der Waals surface area contributed by atoms with Gasteiger partial charge >= 0.3 is 0 Å². The van der Waals surface area contributed by atoms with Gasteiger partial charge in [0.15, 0.2) is 5.78 Å². The Bertz CT molecular complexity index is 1300. The lowest BCUT2D eigenvalue weighted by atomic mass is 9.67. The highest BCUT2D eigenvalue weighted by molar-refractivity contribution is 6.07. The third-order valence-electron chi connectivity index (χ3n) is 7.74. The molecule has 3 aliphatic carbocycles. The monoisotopic (exact) mass is 372 g/mol. The topological polar surface area (TPSA) is 17.1 Å². The Labute approximate surface area is 170 Å². The Morgan fingerprint density at radius 1 is 0.690 bits per heavy atom. The van der Waals surface area contributed by atoms with Crippen LogP contribution < -0.4 is 0 Å². The average Bonchev–Trinajstić information content (AvgIpc) is 3.39. The zero-order valence-electron chi connectivity index (χ0n) is 16.1. The maximum absolute atomic E-state index is 13.5. The normalized spacial score (nSPS) is 22.6. The standard InChI is InChI=1S/C28H20O/c29-27-21-13-14-28(24-11-5-3-9-19(24)20-10-4-6-12-25(20)28)26(21)22-15-17-7-1-2-8-18(17)16-23(22)27/h1-12,15-16,21,26H,13-14H2/t21-,26+/m0/s1. The van der Waals surface area contributed by atoms with Crippen molar-refractivity contribution in [2.24, 2.45) is 5.92 Å². The van der Waals surface area contributed by atoms with E-state index in [1.165, 1.54) is 38.6 Å². The molecular weight excluding hydrogens is 352 g/mol. The molecule has 0 amide bonds. The van der Waals surface area contributed by atoms with Crippen LogP contribution in [0.3, 0.4) is 0 Å². The minimum atomic E-state index is -0.0821. The van der Waals surface area contributed by atoms with E-state index < -0.39 is 0 Å². The van der Waals surface area contributed by atoms with E-state index in [1.807, 2.05) is 0 Å². The third-order valence-corrected chi connectivity index (χ3v) is 7.74. The van der Waals surface area contributed by atoms with Gasteiger partial charge in [0.05, 0.1) is 0 Å². The molecule has 0 aromatic heterocycles. The minimum Gasteiger partial charge on any atom is -0.294 e. The van der Waals surface area contributed by atoms with Gasteiger partial charge in [-0.3, -0.25) is 4.79 Å². The predicted molar refractivity (Wildman–Crippen MR) is 116 cm³/mol. The van der Waals surface area contributed by atoms with Gasteiger partial charge < -0.3 is 0 Å². The smallest absolute Gasteiger partial charge is 0.166 e. The lowest BCUT2D eigenvalue weighted by Gasteiger charge is -2.34. The van der Waals surface area contributed by atoms with Crippen molar-refractivity contribution in [2.75, 3.05) is 0 Å². The number of rotatable bonds is 0. The van der Waals surface area contributed by atoms with Crippen LogP contribution in [0.15, 0.2) is 84.9 Å². The summed E-state index contributed by atoms with van der Waals surface area (Å²) in [6, 6.07) is 30.6. The number of hydrogen-bond acceptors (Lipinski definition) is 1. The summed E-state index contributed by atoms with van der Waals surface area (Å²) in [5.41, 5.74) is 7.68. The van der Waals surface area contributed by atoms with E-state index in [0.717, 1.165) is 18.4 Å². The lowest BCUT2D eigenvalue weighted by molar-refractivity contribution is 0.0929. The second kappa shape index (κ2) is 5.24. The SMILES string of the molecule is O=C1c2cc3ccccc3cc2[C@H]2[C@@H]1CCC21c2ccccc2-c2ccccc21. The molecule has 0 unspecified atom stereocenters. The maximum Gasteiger partial charge on any atom is 0.166 e. The second-order valence-corrected chi connectivity index (χ2v) is 8.84. The van der Waals surface area contributed by atoms with Crippen LogP contribution in [0.25, 0.3) is 21.9 Å². The first-order chi connectivity index (χ1) is 14.3. The van der Waals surface area contributed by atoms with E-state index in [2.05, 4.69) is 84.9 Å². The first-order valence-corrected chi connectivity index (χ1v) is 10.6. The predicted octanol–water partition coefficient (Wildman–Crippen LogP) is 6.50. The molecular formula is C28H20O. The summed E-state index contributed by atoms with van der Waals surface area (Å²) in [6.07, 6.45) is 2.02. The van der Waals surface area contributed by atoms with Gasteiger partial charge in [-0.1, -0.05) is 78.9 Å². The van der Waals surface area contributed by atoms with E-state index in [9.17, 15) is 4.79 Å². The van der Waals surface area contributed by atoms with Crippen LogP contribution in [0.4, 0.5) is 0 Å². The maximum atomic E-state index is 13.5. The summed E-state index contributed by atoms with van der Waals surface area (Å²) in [5, 5.41) is 2.40. The molecule has 0 saturated heterocycles. The average molecular weight is 372 g/mol. The Kier molecular flexibility index (Phi) is 2.84. The van der Waals surface area contributed by atoms with Gasteiger partial charge in [-0.2, -0.15) is 0 Å². The van der Waals surface area contributed by atoms with Crippen LogP contribution in [0.1, 0.15) is 45.8 Å². The number of carbonyl (C=O) groups excluding carboxylic acids is 1. The Hall–Kier alpha value is -3.19. The molecule has 3 aliphatic rings. The Morgan fingerprint density at radius 3 is 1.97 bits per heavy atom. The second-order valence-electron chi connectivity index (χ2n) is 8.84. The zero-order chi connectivity index (χ0) is 19.2. The molecule has 0 aliphatic heterocycles. The van der Waals surface area contributed by atoms with Crippen molar-refractivity contribution in [1.29, 1.82) is 0 Å². The first-order valence-electron chi connectivity index (χ1n) is 10.6. The summed E-state index contributed by atoms with van der Waals surface area (Å²) in [6.45, 7) is 0. The fourth-order valence-corrected chi connectivity index (χ4v) is 6.71. The molecule has 0 bridgehead atoms. The van der Waals surface area contributed by atoms with Crippen LogP contribution in [0.2, 0.25) is 0 Å². The highest BCUT2D eigenvalue weighted by Gasteiger charge is 2.60. The summed E-state index contributed by atoms with van der Waals surface area (Å²) in [7, 11) is 0. The molecule has 0 N–H and O–H groups in total. The lowest BCUT2D eigenvalue weighted by Crippen LogP contribution is -2.29. The van der Waals surface area contributed by atoms with Gasteiger partial charge in [0.25, 0.3) is 0 Å². The number of carbonyl (C=O) groups is 1. The zero-order valence-corrected chi connectivity index (χ0v) is 16.1. The van der Waals surface area contributed by atoms with E-state index in [-0.39, 0.29) is 17.3 Å². The summed E-state index contributed by atoms with van der Waals surface area (Å²) < 4.78 is 0. The Balaban J connectivity index is 1.57. The van der Waals surface area contributed by atoms with Gasteiger partial charge in [0.2, 0.25) is 0 Å².